The van der Waals surface area contributed by atoms with Gasteiger partial charge in [0, 0.05) is 18.1 Å². The molecule has 1 unspecified atom stereocenters. The number of rotatable bonds is 2. The maximum atomic E-state index is 12.7. The average molecular weight is 351 g/mol. The second kappa shape index (κ2) is 6.17. The number of thioether (sulfide) groups is 1. The number of halogens is 2. The number of carbonyl (C=O) groups is 1. The smallest absolute Gasteiger partial charge is 0.168 e. The predicted molar refractivity (Wildman–Crippen MR) is 86.6 cm³/mol. The molecule has 20 heavy (non-hydrogen) atoms. The lowest BCUT2D eigenvalue weighted by Crippen LogP contribution is -2.44. The number of ether oxygens (including phenoxy) is 1. The summed E-state index contributed by atoms with van der Waals surface area (Å²) in [5.74, 6) is 2.42. The van der Waals surface area contributed by atoms with E-state index in [1.165, 1.54) is 11.3 Å². The Morgan fingerprint density at radius 2 is 2.10 bits per heavy atom. The Kier molecular flexibility index (Phi) is 4.68. The Hall–Kier alpha value is 0.260. The number of hydrogen-bond acceptors (Lipinski definition) is 4. The van der Waals surface area contributed by atoms with E-state index in [1.807, 2.05) is 11.8 Å². The number of thiophene rings is 1. The Bertz CT molecular complexity index is 504. The third-order valence-corrected chi connectivity index (χ3v) is 6.66. The quantitative estimate of drug-likeness (QED) is 0.707. The second-order valence-electron chi connectivity index (χ2n) is 5.44. The lowest BCUT2D eigenvalue weighted by molar-refractivity contribution is -0.0959. The minimum absolute atomic E-state index is 0.0232. The van der Waals surface area contributed by atoms with Gasteiger partial charge in [-0.1, -0.05) is 23.2 Å². The molecule has 0 aliphatic carbocycles. The largest absolute Gasteiger partial charge is 0.375 e. The normalized spacial score (nSPS) is 25.8. The zero-order valence-corrected chi connectivity index (χ0v) is 14.1. The fourth-order valence-corrected chi connectivity index (χ4v) is 5.78. The van der Waals surface area contributed by atoms with Crippen LogP contribution in [0.1, 0.15) is 36.0 Å². The van der Waals surface area contributed by atoms with Crippen LogP contribution in [0, 0.1) is 5.92 Å². The van der Waals surface area contributed by atoms with Crippen LogP contribution >= 0.6 is 46.3 Å². The molecule has 1 aromatic rings. The van der Waals surface area contributed by atoms with Gasteiger partial charge in [-0.2, -0.15) is 11.8 Å². The molecule has 0 aromatic carbocycles. The molecule has 1 aromatic heterocycles. The molecule has 1 spiro atoms. The van der Waals surface area contributed by atoms with E-state index >= 15 is 0 Å². The van der Waals surface area contributed by atoms with Crippen molar-refractivity contribution in [2.75, 3.05) is 18.1 Å². The lowest BCUT2D eigenvalue weighted by atomic mass is 9.79. The third kappa shape index (κ3) is 3.05. The maximum Gasteiger partial charge on any atom is 0.168 e. The summed E-state index contributed by atoms with van der Waals surface area (Å²) in [6, 6.07) is 1.70. The Morgan fingerprint density at radius 1 is 1.35 bits per heavy atom. The highest BCUT2D eigenvalue weighted by Crippen LogP contribution is 2.42. The number of ketones is 1. The van der Waals surface area contributed by atoms with Crippen LogP contribution in [0.25, 0.3) is 0 Å². The van der Waals surface area contributed by atoms with Crippen molar-refractivity contribution in [2.45, 2.75) is 31.3 Å². The Morgan fingerprint density at radius 3 is 2.75 bits per heavy atom. The van der Waals surface area contributed by atoms with Crippen molar-refractivity contribution in [1.29, 1.82) is 0 Å². The molecule has 2 nitrogen and oxygen atoms in total. The number of Topliss-reactive ketones (excluding diaryl/α,β-unsaturated/α-hetero) is 1. The molecule has 110 valence electrons. The van der Waals surface area contributed by atoms with Gasteiger partial charge in [0.15, 0.2) is 5.78 Å². The first kappa shape index (κ1) is 15.2. The van der Waals surface area contributed by atoms with Crippen LogP contribution in [0.15, 0.2) is 6.07 Å². The molecule has 2 fully saturated rings. The average Bonchev–Trinajstić information content (AvgIpc) is 2.78. The maximum absolute atomic E-state index is 12.7. The van der Waals surface area contributed by atoms with Crippen molar-refractivity contribution in [2.24, 2.45) is 5.92 Å². The fraction of sp³-hybridized carbons (Fsp3) is 0.643. The highest BCUT2D eigenvalue weighted by molar-refractivity contribution is 7.99. The summed E-state index contributed by atoms with van der Waals surface area (Å²) in [6.45, 7) is 0.677. The van der Waals surface area contributed by atoms with Gasteiger partial charge < -0.3 is 4.74 Å². The lowest BCUT2D eigenvalue weighted by Gasteiger charge is -2.42. The van der Waals surface area contributed by atoms with Crippen molar-refractivity contribution < 1.29 is 9.53 Å². The van der Waals surface area contributed by atoms with E-state index in [1.54, 1.807) is 6.07 Å². The zero-order valence-electron chi connectivity index (χ0n) is 11.0. The van der Waals surface area contributed by atoms with E-state index in [9.17, 15) is 4.79 Å². The molecule has 2 aliphatic heterocycles. The first-order chi connectivity index (χ1) is 9.60. The van der Waals surface area contributed by atoms with E-state index in [0.29, 0.717) is 20.8 Å². The van der Waals surface area contributed by atoms with Gasteiger partial charge in [-0.25, -0.2) is 0 Å². The summed E-state index contributed by atoms with van der Waals surface area (Å²) in [5.41, 5.74) is 0.518. The SMILES string of the molecule is O=C(c1cc(Cl)sc1Cl)C1CCOC2(CCSCC2)C1. The number of hydrogen-bond donors (Lipinski definition) is 0. The van der Waals surface area contributed by atoms with Crippen molar-refractivity contribution >= 4 is 52.1 Å². The summed E-state index contributed by atoms with van der Waals surface area (Å²) in [5, 5.41) is 0. The van der Waals surface area contributed by atoms with Crippen molar-refractivity contribution in [3.8, 4) is 0 Å². The van der Waals surface area contributed by atoms with Gasteiger partial charge in [-0.15, -0.1) is 11.3 Å². The Labute approximate surface area is 137 Å². The van der Waals surface area contributed by atoms with Gasteiger partial charge in [0.2, 0.25) is 0 Å². The van der Waals surface area contributed by atoms with Gasteiger partial charge in [0.1, 0.15) is 4.34 Å². The molecule has 0 saturated carbocycles. The van der Waals surface area contributed by atoms with Gasteiger partial charge in [-0.05, 0) is 43.3 Å². The monoisotopic (exact) mass is 350 g/mol. The fourth-order valence-electron chi connectivity index (χ4n) is 3.07. The summed E-state index contributed by atoms with van der Waals surface area (Å²) in [6.07, 6.45) is 3.73. The topological polar surface area (TPSA) is 26.3 Å². The summed E-state index contributed by atoms with van der Waals surface area (Å²) < 4.78 is 7.13. The van der Waals surface area contributed by atoms with Gasteiger partial charge >= 0.3 is 0 Å². The first-order valence-electron chi connectivity index (χ1n) is 6.80. The predicted octanol–water partition coefficient (Wildman–Crippen LogP) is 4.93. The summed E-state index contributed by atoms with van der Waals surface area (Å²) in [7, 11) is 0. The van der Waals surface area contributed by atoms with E-state index in [4.69, 9.17) is 27.9 Å². The highest BCUT2D eigenvalue weighted by Gasteiger charge is 2.41. The van der Waals surface area contributed by atoms with Crippen LogP contribution in [0.2, 0.25) is 8.67 Å². The third-order valence-electron chi connectivity index (χ3n) is 4.19. The molecular formula is C14H16Cl2O2S2. The van der Waals surface area contributed by atoms with Crippen LogP contribution in [0.4, 0.5) is 0 Å². The molecule has 6 heteroatoms. The van der Waals surface area contributed by atoms with E-state index in [2.05, 4.69) is 0 Å². The van der Waals surface area contributed by atoms with Crippen LogP contribution < -0.4 is 0 Å². The summed E-state index contributed by atoms with van der Waals surface area (Å²) >= 11 is 15.3. The van der Waals surface area contributed by atoms with Gasteiger partial charge in [0.05, 0.1) is 9.94 Å². The molecule has 0 amide bonds. The van der Waals surface area contributed by atoms with Gasteiger partial charge in [-0.3, -0.25) is 4.79 Å². The molecule has 0 N–H and O–H groups in total. The van der Waals surface area contributed by atoms with Crippen LogP contribution in [0.3, 0.4) is 0 Å². The minimum atomic E-state index is -0.0733. The van der Waals surface area contributed by atoms with Crippen LogP contribution in [-0.4, -0.2) is 29.5 Å². The molecule has 3 rings (SSSR count). The van der Waals surface area contributed by atoms with Crippen LogP contribution in [-0.2, 0) is 4.74 Å². The van der Waals surface area contributed by atoms with Crippen molar-refractivity contribution in [1.82, 2.24) is 0 Å². The molecule has 0 radical (unpaired) electrons. The second-order valence-corrected chi connectivity index (χ2v) is 8.95. The zero-order chi connectivity index (χ0) is 14.2. The van der Waals surface area contributed by atoms with E-state index in [-0.39, 0.29) is 17.3 Å². The van der Waals surface area contributed by atoms with E-state index in [0.717, 1.165) is 37.2 Å². The molecular weight excluding hydrogens is 335 g/mol. The molecule has 2 aliphatic rings. The summed E-state index contributed by atoms with van der Waals surface area (Å²) in [4.78, 5) is 12.7. The highest BCUT2D eigenvalue weighted by atomic mass is 35.5. The van der Waals surface area contributed by atoms with Crippen molar-refractivity contribution in [3.05, 3.63) is 20.3 Å². The van der Waals surface area contributed by atoms with Gasteiger partial charge in [0.25, 0.3) is 0 Å². The van der Waals surface area contributed by atoms with E-state index < -0.39 is 0 Å². The molecule has 0 bridgehead atoms. The number of carbonyl (C=O) groups excluding carboxylic acids is 1. The standard InChI is InChI=1S/C14H16Cl2O2S2/c15-11-7-10(13(16)20-11)12(17)9-1-4-18-14(8-9)2-5-19-6-3-14/h7,9H,1-6,8H2. The first-order valence-corrected chi connectivity index (χ1v) is 9.53. The van der Waals surface area contributed by atoms with Crippen LogP contribution in [0.5, 0.6) is 0 Å². The van der Waals surface area contributed by atoms with Crippen molar-refractivity contribution in [3.63, 3.8) is 0 Å². The minimum Gasteiger partial charge on any atom is -0.375 e. The molecule has 2 saturated heterocycles. The Balaban J connectivity index is 1.76. The molecule has 1 atom stereocenters. The molecule has 3 heterocycles.